The molecule has 0 heterocycles. The number of carbonyl (C=O) groups excluding carboxylic acids is 2. The largest absolute Gasteiger partial charge is 0.416 e. The van der Waals surface area contributed by atoms with Crippen LogP contribution in [0.15, 0.2) is 47.4 Å². The van der Waals surface area contributed by atoms with Gasteiger partial charge in [0.15, 0.2) is 0 Å². The Balaban J connectivity index is 2.20. The SMILES string of the molecule is CC(=O)Nc1ccc(C(F)(F)F)cc1NC(=O)C(C)Sc1ccc(Cl)cc1. The molecule has 0 aliphatic heterocycles. The van der Waals surface area contributed by atoms with Crippen LogP contribution in [0.2, 0.25) is 5.02 Å². The van der Waals surface area contributed by atoms with Crippen LogP contribution in [0, 0.1) is 0 Å². The number of halogens is 4. The Morgan fingerprint density at radius 2 is 1.67 bits per heavy atom. The number of benzene rings is 2. The highest BCUT2D eigenvalue weighted by molar-refractivity contribution is 8.00. The highest BCUT2D eigenvalue weighted by Crippen LogP contribution is 2.34. The highest BCUT2D eigenvalue weighted by Gasteiger charge is 2.31. The minimum absolute atomic E-state index is 0.0903. The normalized spacial score (nSPS) is 12.4. The molecule has 4 nitrogen and oxygen atoms in total. The van der Waals surface area contributed by atoms with E-state index in [1.54, 1.807) is 31.2 Å². The molecule has 0 saturated heterocycles. The van der Waals surface area contributed by atoms with Crippen LogP contribution in [0.4, 0.5) is 24.5 Å². The van der Waals surface area contributed by atoms with E-state index in [9.17, 15) is 22.8 Å². The van der Waals surface area contributed by atoms with Crippen molar-refractivity contribution in [3.63, 3.8) is 0 Å². The molecule has 0 aromatic heterocycles. The number of hydrogen-bond acceptors (Lipinski definition) is 3. The maximum absolute atomic E-state index is 13.0. The second kappa shape index (κ2) is 8.67. The lowest BCUT2D eigenvalue weighted by Crippen LogP contribution is -2.23. The fourth-order valence-corrected chi connectivity index (χ4v) is 3.12. The summed E-state index contributed by atoms with van der Waals surface area (Å²) < 4.78 is 38.9. The van der Waals surface area contributed by atoms with Crippen molar-refractivity contribution in [1.82, 2.24) is 0 Å². The molecular formula is C18H16ClF3N2O2S. The molecule has 2 rings (SSSR count). The van der Waals surface area contributed by atoms with Crippen LogP contribution in [-0.2, 0) is 15.8 Å². The van der Waals surface area contributed by atoms with Gasteiger partial charge < -0.3 is 10.6 Å². The summed E-state index contributed by atoms with van der Waals surface area (Å²) in [5, 5.41) is 4.83. The number of thioether (sulfide) groups is 1. The van der Waals surface area contributed by atoms with Crippen LogP contribution in [0.3, 0.4) is 0 Å². The number of rotatable bonds is 5. The molecule has 0 aliphatic rings. The van der Waals surface area contributed by atoms with Gasteiger partial charge >= 0.3 is 6.18 Å². The smallest absolute Gasteiger partial charge is 0.325 e. The van der Waals surface area contributed by atoms with Crippen LogP contribution in [-0.4, -0.2) is 17.1 Å². The number of amides is 2. The molecule has 2 amide bonds. The van der Waals surface area contributed by atoms with Crippen LogP contribution >= 0.6 is 23.4 Å². The molecule has 0 fully saturated rings. The summed E-state index contributed by atoms with van der Waals surface area (Å²) in [5.74, 6) is -0.963. The average Bonchev–Trinajstić information content (AvgIpc) is 2.57. The summed E-state index contributed by atoms with van der Waals surface area (Å²) in [5.41, 5.74) is -0.953. The lowest BCUT2D eigenvalue weighted by atomic mass is 10.1. The van der Waals surface area contributed by atoms with Gasteiger partial charge in [0.1, 0.15) is 0 Å². The molecule has 0 aliphatic carbocycles. The zero-order valence-electron chi connectivity index (χ0n) is 14.4. The number of hydrogen-bond donors (Lipinski definition) is 2. The molecule has 2 aromatic rings. The van der Waals surface area contributed by atoms with Crippen molar-refractivity contribution in [3.05, 3.63) is 53.1 Å². The Labute approximate surface area is 163 Å². The number of anilines is 2. The van der Waals surface area contributed by atoms with Crippen LogP contribution in [0.25, 0.3) is 0 Å². The first kappa shape index (κ1) is 21.1. The molecule has 0 saturated carbocycles. The first-order chi connectivity index (χ1) is 12.6. The van der Waals surface area contributed by atoms with Gasteiger partial charge in [0.2, 0.25) is 11.8 Å². The minimum Gasteiger partial charge on any atom is -0.325 e. The van der Waals surface area contributed by atoms with E-state index in [1.807, 2.05) is 0 Å². The molecular weight excluding hydrogens is 401 g/mol. The zero-order valence-corrected chi connectivity index (χ0v) is 15.9. The second-order valence-corrected chi connectivity index (χ2v) is 7.49. The molecule has 2 N–H and O–H groups in total. The third kappa shape index (κ3) is 6.18. The summed E-state index contributed by atoms with van der Waals surface area (Å²) in [4.78, 5) is 24.5. The maximum atomic E-state index is 13.0. The van der Waals surface area contributed by atoms with Gasteiger partial charge in [-0.1, -0.05) is 11.6 Å². The summed E-state index contributed by atoms with van der Waals surface area (Å²) in [6.45, 7) is 2.85. The van der Waals surface area contributed by atoms with Crippen molar-refractivity contribution in [2.75, 3.05) is 10.6 Å². The van der Waals surface area contributed by atoms with Gasteiger partial charge in [-0.15, -0.1) is 11.8 Å². The highest BCUT2D eigenvalue weighted by atomic mass is 35.5. The van der Waals surface area contributed by atoms with Gasteiger partial charge in [-0.3, -0.25) is 9.59 Å². The Kier molecular flexibility index (Phi) is 6.78. The van der Waals surface area contributed by atoms with Crippen molar-refractivity contribution in [1.29, 1.82) is 0 Å². The first-order valence-corrected chi connectivity index (χ1v) is 9.04. The Morgan fingerprint density at radius 3 is 2.22 bits per heavy atom. The number of nitrogens with one attached hydrogen (secondary N) is 2. The van der Waals surface area contributed by atoms with Gasteiger partial charge in [0.25, 0.3) is 0 Å². The fraction of sp³-hybridized carbons (Fsp3) is 0.222. The van der Waals surface area contributed by atoms with E-state index in [2.05, 4.69) is 10.6 Å². The lowest BCUT2D eigenvalue weighted by Gasteiger charge is -2.17. The molecule has 144 valence electrons. The van der Waals surface area contributed by atoms with Crippen LogP contribution in [0.1, 0.15) is 19.4 Å². The predicted molar refractivity (Wildman–Crippen MR) is 101 cm³/mol. The molecule has 0 bridgehead atoms. The third-order valence-electron chi connectivity index (χ3n) is 3.41. The maximum Gasteiger partial charge on any atom is 0.416 e. The zero-order chi connectivity index (χ0) is 20.2. The standard InChI is InChI=1S/C18H16ClF3N2O2S/c1-10(27-14-6-4-13(19)5-7-14)17(26)24-16-9-12(18(20,21)22)3-8-15(16)23-11(2)25/h3-10H,1-2H3,(H,23,25)(H,24,26). The third-order valence-corrected chi connectivity index (χ3v) is 4.78. The minimum atomic E-state index is -4.57. The van der Waals surface area contributed by atoms with E-state index in [0.29, 0.717) is 5.02 Å². The molecule has 27 heavy (non-hydrogen) atoms. The molecule has 1 unspecified atom stereocenters. The fourth-order valence-electron chi connectivity index (χ4n) is 2.13. The van der Waals surface area contributed by atoms with E-state index in [1.165, 1.54) is 18.7 Å². The van der Waals surface area contributed by atoms with E-state index >= 15 is 0 Å². The number of carbonyl (C=O) groups is 2. The topological polar surface area (TPSA) is 58.2 Å². The van der Waals surface area contributed by atoms with Gasteiger partial charge in [0.05, 0.1) is 22.2 Å². The van der Waals surface area contributed by atoms with Gasteiger partial charge in [-0.25, -0.2) is 0 Å². The summed E-state index contributed by atoms with van der Waals surface area (Å²) >= 11 is 7.04. The molecule has 0 radical (unpaired) electrons. The van der Waals surface area contributed by atoms with Crippen molar-refractivity contribution in [2.45, 2.75) is 30.2 Å². The number of alkyl halides is 3. The Hall–Kier alpha value is -2.19. The first-order valence-electron chi connectivity index (χ1n) is 7.78. The monoisotopic (exact) mass is 416 g/mol. The van der Waals surface area contributed by atoms with Crippen molar-refractivity contribution in [3.8, 4) is 0 Å². The molecule has 2 aromatic carbocycles. The molecule has 1 atom stereocenters. The van der Waals surface area contributed by atoms with E-state index < -0.39 is 28.8 Å². The Morgan fingerprint density at radius 1 is 1.04 bits per heavy atom. The lowest BCUT2D eigenvalue weighted by molar-refractivity contribution is -0.137. The summed E-state index contributed by atoms with van der Waals surface area (Å²) in [6, 6.07) is 9.58. The second-order valence-electron chi connectivity index (χ2n) is 5.64. The van der Waals surface area contributed by atoms with Gasteiger partial charge in [0, 0.05) is 16.8 Å². The van der Waals surface area contributed by atoms with Crippen LogP contribution < -0.4 is 10.6 Å². The summed E-state index contributed by atoms with van der Waals surface area (Å²) in [7, 11) is 0. The average molecular weight is 417 g/mol. The van der Waals surface area contributed by atoms with Crippen LogP contribution in [0.5, 0.6) is 0 Å². The Bertz CT molecular complexity index is 841. The van der Waals surface area contributed by atoms with Gasteiger partial charge in [-0.2, -0.15) is 13.2 Å². The van der Waals surface area contributed by atoms with Crippen molar-refractivity contribution >= 4 is 46.6 Å². The summed E-state index contributed by atoms with van der Waals surface area (Å²) in [6.07, 6.45) is -4.57. The van der Waals surface area contributed by atoms with E-state index in [0.717, 1.165) is 23.1 Å². The van der Waals surface area contributed by atoms with Gasteiger partial charge in [-0.05, 0) is 49.4 Å². The molecule has 0 spiro atoms. The van der Waals surface area contributed by atoms with E-state index in [-0.39, 0.29) is 11.4 Å². The quantitative estimate of drug-likeness (QED) is 0.638. The predicted octanol–water partition coefficient (Wildman–Crippen LogP) is 5.44. The van der Waals surface area contributed by atoms with Crippen molar-refractivity contribution < 1.29 is 22.8 Å². The molecule has 9 heteroatoms. The van der Waals surface area contributed by atoms with Crippen molar-refractivity contribution in [2.24, 2.45) is 0 Å². The van der Waals surface area contributed by atoms with E-state index in [4.69, 9.17) is 11.6 Å².